The number of benzene rings is 2. The predicted octanol–water partition coefficient (Wildman–Crippen LogP) is 5.62. The van der Waals surface area contributed by atoms with Crippen LogP contribution in [0, 0.1) is 0 Å². The highest BCUT2D eigenvalue weighted by atomic mass is 79.9. The molecule has 0 saturated carbocycles. The maximum absolute atomic E-state index is 12.1. The summed E-state index contributed by atoms with van der Waals surface area (Å²) >= 11 is 6.86. The fourth-order valence-corrected chi connectivity index (χ4v) is 2.99. The van der Waals surface area contributed by atoms with Crippen LogP contribution in [0.4, 0.5) is 13.2 Å². The molecule has 0 bridgehead atoms. The molecule has 0 saturated heterocycles. The summed E-state index contributed by atoms with van der Waals surface area (Å²) in [7, 11) is 0. The third-order valence-electron chi connectivity index (χ3n) is 2.77. The van der Waals surface area contributed by atoms with Crippen molar-refractivity contribution in [1.82, 2.24) is 0 Å². The Bertz CT molecular complexity index is 598. The molecule has 0 radical (unpaired) electrons. The maximum Gasteiger partial charge on any atom is 0.411 e. The van der Waals surface area contributed by atoms with Crippen molar-refractivity contribution in [2.24, 2.45) is 0 Å². The van der Waals surface area contributed by atoms with Crippen molar-refractivity contribution in [1.29, 1.82) is 0 Å². The van der Waals surface area contributed by atoms with Crippen LogP contribution in [-0.4, -0.2) is 19.4 Å². The van der Waals surface area contributed by atoms with E-state index in [0.29, 0.717) is 0 Å². The monoisotopic (exact) mass is 410 g/mol. The molecule has 0 heterocycles. The molecule has 2 aromatic carbocycles. The molecule has 0 aliphatic heterocycles. The number of rotatable bonds is 4. The van der Waals surface area contributed by atoms with Gasteiger partial charge in [0.1, 0.15) is 6.61 Å². The van der Waals surface area contributed by atoms with Gasteiger partial charge < -0.3 is 4.74 Å². The van der Waals surface area contributed by atoms with Gasteiger partial charge >= 0.3 is 6.18 Å². The Balaban J connectivity index is 2.18. The Morgan fingerprint density at radius 2 is 1.70 bits per heavy atom. The van der Waals surface area contributed by atoms with E-state index in [2.05, 4.69) is 31.9 Å². The molecule has 0 amide bonds. The molecule has 0 aliphatic rings. The van der Waals surface area contributed by atoms with Crippen molar-refractivity contribution in [3.63, 3.8) is 0 Å². The largest absolute Gasteiger partial charge is 0.411 e. The summed E-state index contributed by atoms with van der Waals surface area (Å²) in [5.74, 6) is 0. The van der Waals surface area contributed by atoms with Crippen LogP contribution in [0.15, 0.2) is 40.9 Å². The van der Waals surface area contributed by atoms with Crippen LogP contribution in [0.1, 0.15) is 10.4 Å². The highest BCUT2D eigenvalue weighted by molar-refractivity contribution is 9.10. The minimum Gasteiger partial charge on any atom is -0.371 e. The zero-order chi connectivity index (χ0) is 14.8. The van der Waals surface area contributed by atoms with Gasteiger partial charge in [-0.3, -0.25) is 0 Å². The molecule has 1 unspecified atom stereocenters. The summed E-state index contributed by atoms with van der Waals surface area (Å²) in [5.41, 5.74) is 0.908. The second kappa shape index (κ2) is 6.45. The third kappa shape index (κ3) is 3.96. The maximum atomic E-state index is 12.1. The first-order chi connectivity index (χ1) is 9.38. The van der Waals surface area contributed by atoms with Crippen LogP contribution in [0.2, 0.25) is 0 Å². The van der Waals surface area contributed by atoms with Gasteiger partial charge in [0.05, 0.1) is 11.4 Å². The van der Waals surface area contributed by atoms with Crippen LogP contribution >= 0.6 is 31.9 Å². The quantitative estimate of drug-likeness (QED) is 0.593. The first-order valence-electron chi connectivity index (χ1n) is 5.84. The fourth-order valence-electron chi connectivity index (χ4n) is 1.93. The average molecular weight is 412 g/mol. The van der Waals surface area contributed by atoms with Gasteiger partial charge in [0.2, 0.25) is 0 Å². The van der Waals surface area contributed by atoms with Crippen LogP contribution in [-0.2, 0) is 4.74 Å². The highest BCUT2D eigenvalue weighted by Crippen LogP contribution is 2.34. The highest BCUT2D eigenvalue weighted by Gasteiger charge is 2.28. The molecule has 0 aromatic heterocycles. The first-order valence-corrected chi connectivity index (χ1v) is 7.55. The predicted molar refractivity (Wildman–Crippen MR) is 80.2 cm³/mol. The zero-order valence-electron chi connectivity index (χ0n) is 10.3. The molecule has 20 heavy (non-hydrogen) atoms. The van der Waals surface area contributed by atoms with E-state index in [9.17, 15) is 13.2 Å². The topological polar surface area (TPSA) is 9.23 Å². The number of hydrogen-bond acceptors (Lipinski definition) is 1. The zero-order valence-corrected chi connectivity index (χ0v) is 13.4. The van der Waals surface area contributed by atoms with E-state index >= 15 is 0 Å². The van der Waals surface area contributed by atoms with Crippen molar-refractivity contribution < 1.29 is 17.9 Å². The summed E-state index contributed by atoms with van der Waals surface area (Å²) in [6.45, 7) is -1.27. The first kappa shape index (κ1) is 15.8. The molecule has 1 nitrogen and oxygen atoms in total. The molecular formula is C14H11Br2F3O. The van der Waals surface area contributed by atoms with E-state index in [0.717, 1.165) is 20.8 Å². The smallest absolute Gasteiger partial charge is 0.371 e. The molecule has 1 atom stereocenters. The minimum atomic E-state index is -4.30. The molecule has 0 fully saturated rings. The van der Waals surface area contributed by atoms with E-state index in [1.165, 1.54) is 0 Å². The third-order valence-corrected chi connectivity index (χ3v) is 4.22. The van der Waals surface area contributed by atoms with E-state index in [4.69, 9.17) is 4.74 Å². The van der Waals surface area contributed by atoms with Gasteiger partial charge in [0.15, 0.2) is 0 Å². The van der Waals surface area contributed by atoms with Crippen molar-refractivity contribution in [3.05, 3.63) is 46.4 Å². The summed E-state index contributed by atoms with van der Waals surface area (Å²) in [4.78, 5) is -0.289. The Hall–Kier alpha value is -0.590. The van der Waals surface area contributed by atoms with Gasteiger partial charge in [-0.2, -0.15) is 13.2 Å². The van der Waals surface area contributed by atoms with Gasteiger partial charge in [0, 0.05) is 4.47 Å². The molecule has 2 rings (SSSR count). The van der Waals surface area contributed by atoms with E-state index < -0.39 is 12.8 Å². The summed E-state index contributed by atoms with van der Waals surface area (Å²) in [6.07, 6.45) is -4.30. The molecule has 0 N–H and O–H groups in total. The van der Waals surface area contributed by atoms with Crippen LogP contribution in [0.25, 0.3) is 10.8 Å². The van der Waals surface area contributed by atoms with Crippen LogP contribution in [0.3, 0.4) is 0 Å². The van der Waals surface area contributed by atoms with Gasteiger partial charge in [-0.25, -0.2) is 0 Å². The average Bonchev–Trinajstić information content (AvgIpc) is 2.38. The Labute approximate surface area is 131 Å². The molecule has 108 valence electrons. The second-order valence-corrected chi connectivity index (χ2v) is 6.24. The van der Waals surface area contributed by atoms with Gasteiger partial charge in [-0.1, -0.05) is 62.2 Å². The molecule has 0 aliphatic carbocycles. The fraction of sp³-hybridized carbons (Fsp3) is 0.286. The Morgan fingerprint density at radius 1 is 1.05 bits per heavy atom. The van der Waals surface area contributed by atoms with E-state index in [1.807, 2.05) is 36.4 Å². The van der Waals surface area contributed by atoms with E-state index in [-0.39, 0.29) is 11.4 Å². The molecule has 6 heteroatoms. The molecular weight excluding hydrogens is 401 g/mol. The number of halogens is 5. The molecule has 2 aromatic rings. The lowest BCUT2D eigenvalue weighted by Crippen LogP contribution is -2.18. The van der Waals surface area contributed by atoms with Crippen molar-refractivity contribution in [3.8, 4) is 0 Å². The summed E-state index contributed by atoms with van der Waals surface area (Å²) < 4.78 is 41.9. The van der Waals surface area contributed by atoms with Crippen molar-refractivity contribution >= 4 is 42.6 Å². The normalized spacial score (nSPS) is 13.7. The van der Waals surface area contributed by atoms with Gasteiger partial charge in [-0.05, 0) is 22.4 Å². The number of fused-ring (bicyclic) bond motifs is 1. The number of hydrogen-bond donors (Lipinski definition) is 0. The van der Waals surface area contributed by atoms with Crippen LogP contribution < -0.4 is 0 Å². The summed E-state index contributed by atoms with van der Waals surface area (Å²) in [5, 5.41) is 2.00. The van der Waals surface area contributed by atoms with Crippen LogP contribution in [0.5, 0.6) is 0 Å². The molecule has 0 spiro atoms. The van der Waals surface area contributed by atoms with Gasteiger partial charge in [-0.15, -0.1) is 0 Å². The Morgan fingerprint density at radius 3 is 2.35 bits per heavy atom. The lowest BCUT2D eigenvalue weighted by molar-refractivity contribution is -0.173. The van der Waals surface area contributed by atoms with E-state index in [1.54, 1.807) is 0 Å². The standard InChI is InChI=1S/C14H11Br2F3O/c15-12-6-5-11(9-3-1-2-4-10(9)12)13(16)7-20-8-14(17,18)19/h1-6,13H,7-8H2. The van der Waals surface area contributed by atoms with Gasteiger partial charge in [0.25, 0.3) is 0 Å². The van der Waals surface area contributed by atoms with Crippen molar-refractivity contribution in [2.45, 2.75) is 11.0 Å². The number of ether oxygens (including phenoxy) is 1. The SMILES string of the molecule is FC(F)(F)COCC(Br)c1ccc(Br)c2ccccc12. The lowest BCUT2D eigenvalue weighted by Gasteiger charge is -2.15. The second-order valence-electron chi connectivity index (χ2n) is 4.28. The van der Waals surface area contributed by atoms with Crippen molar-refractivity contribution in [2.75, 3.05) is 13.2 Å². The summed E-state index contributed by atoms with van der Waals surface area (Å²) in [6, 6.07) is 11.5. The number of alkyl halides is 4. The Kier molecular flexibility index (Phi) is 5.09. The minimum absolute atomic E-state index is 0.0366. The lowest BCUT2D eigenvalue weighted by atomic mass is 10.0.